The summed E-state index contributed by atoms with van der Waals surface area (Å²) in [5.74, 6) is 0. The van der Waals surface area contributed by atoms with Crippen molar-refractivity contribution in [3.05, 3.63) is 0 Å². The summed E-state index contributed by atoms with van der Waals surface area (Å²) in [4.78, 5) is 0. The second-order valence-corrected chi connectivity index (χ2v) is 5.15. The molecule has 0 spiro atoms. The summed E-state index contributed by atoms with van der Waals surface area (Å²) in [5, 5.41) is 10.5. The van der Waals surface area contributed by atoms with Gasteiger partial charge in [-0.15, -0.1) is 0 Å². The Kier molecular flexibility index (Phi) is 13.2. The van der Waals surface area contributed by atoms with Gasteiger partial charge in [0.15, 0.2) is 0 Å². The second kappa shape index (κ2) is 11.0. The highest BCUT2D eigenvalue weighted by Crippen LogP contribution is 2.13. The first-order chi connectivity index (χ1) is 7.14. The summed E-state index contributed by atoms with van der Waals surface area (Å²) in [5.41, 5.74) is 0. The molecule has 1 N–H and O–H groups in total. The van der Waals surface area contributed by atoms with Gasteiger partial charge < -0.3 is 26.6 Å². The Labute approximate surface area is 120 Å². The van der Waals surface area contributed by atoms with E-state index in [0.717, 1.165) is 11.0 Å². The SMILES string of the molecule is CCC[N+](CCC)(CCC)CC(O)CBr.[Br-]. The number of nitrogens with zero attached hydrogens (tertiary/aromatic N) is 1. The maximum Gasteiger partial charge on any atom is 0.113 e. The zero-order chi connectivity index (χ0) is 11.7. The molecule has 16 heavy (non-hydrogen) atoms. The van der Waals surface area contributed by atoms with Gasteiger partial charge >= 0.3 is 0 Å². The van der Waals surface area contributed by atoms with Crippen LogP contribution in [-0.2, 0) is 0 Å². The fraction of sp³-hybridized carbons (Fsp3) is 1.00. The molecular formula is C12H27Br2NO. The van der Waals surface area contributed by atoms with Gasteiger partial charge in [0.1, 0.15) is 12.6 Å². The van der Waals surface area contributed by atoms with Crippen molar-refractivity contribution in [2.24, 2.45) is 0 Å². The summed E-state index contributed by atoms with van der Waals surface area (Å²) in [6, 6.07) is 0. The van der Waals surface area contributed by atoms with Crippen LogP contribution < -0.4 is 17.0 Å². The fourth-order valence-corrected chi connectivity index (χ4v) is 2.73. The number of alkyl halides is 1. The molecule has 0 saturated carbocycles. The monoisotopic (exact) mass is 359 g/mol. The third kappa shape index (κ3) is 7.25. The second-order valence-electron chi connectivity index (χ2n) is 4.50. The zero-order valence-electron chi connectivity index (χ0n) is 10.9. The molecule has 0 radical (unpaired) electrons. The van der Waals surface area contributed by atoms with Crippen LogP contribution in [-0.4, -0.2) is 47.2 Å². The Balaban J connectivity index is 0. The number of hydrogen-bond acceptors (Lipinski definition) is 1. The summed E-state index contributed by atoms with van der Waals surface area (Å²) < 4.78 is 1.09. The lowest BCUT2D eigenvalue weighted by Crippen LogP contribution is -3.00. The van der Waals surface area contributed by atoms with Gasteiger partial charge in [-0.1, -0.05) is 36.7 Å². The third-order valence-corrected chi connectivity index (χ3v) is 3.62. The molecular weight excluding hydrogens is 334 g/mol. The topological polar surface area (TPSA) is 20.2 Å². The molecule has 0 amide bonds. The largest absolute Gasteiger partial charge is 1.00 e. The summed E-state index contributed by atoms with van der Waals surface area (Å²) >= 11 is 3.36. The number of aliphatic hydroxyl groups is 1. The van der Waals surface area contributed by atoms with E-state index < -0.39 is 0 Å². The van der Waals surface area contributed by atoms with Crippen LogP contribution in [0.1, 0.15) is 40.0 Å². The average molecular weight is 361 g/mol. The minimum atomic E-state index is -0.199. The van der Waals surface area contributed by atoms with Crippen molar-refractivity contribution in [2.75, 3.05) is 31.5 Å². The van der Waals surface area contributed by atoms with Crippen molar-refractivity contribution in [1.29, 1.82) is 0 Å². The van der Waals surface area contributed by atoms with Crippen molar-refractivity contribution in [2.45, 2.75) is 46.1 Å². The number of rotatable bonds is 9. The molecule has 0 rings (SSSR count). The average Bonchev–Trinajstić information content (AvgIpc) is 2.18. The Morgan fingerprint density at radius 2 is 1.38 bits per heavy atom. The van der Waals surface area contributed by atoms with Gasteiger partial charge in [0.05, 0.1) is 19.6 Å². The molecule has 0 saturated heterocycles. The first kappa shape index (κ1) is 19.2. The van der Waals surface area contributed by atoms with Gasteiger partial charge in [-0.3, -0.25) is 0 Å². The molecule has 100 valence electrons. The molecule has 0 bridgehead atoms. The van der Waals surface area contributed by atoms with Crippen LogP contribution in [0.2, 0.25) is 0 Å². The van der Waals surface area contributed by atoms with E-state index in [-0.39, 0.29) is 23.1 Å². The van der Waals surface area contributed by atoms with E-state index in [1.54, 1.807) is 0 Å². The molecule has 0 fully saturated rings. The lowest BCUT2D eigenvalue weighted by Gasteiger charge is -2.39. The van der Waals surface area contributed by atoms with Gasteiger partial charge in [-0.2, -0.15) is 0 Å². The minimum Gasteiger partial charge on any atom is -1.00 e. The van der Waals surface area contributed by atoms with Crippen molar-refractivity contribution in [3.8, 4) is 0 Å². The molecule has 0 aliphatic heterocycles. The van der Waals surface area contributed by atoms with Gasteiger partial charge in [-0.05, 0) is 19.3 Å². The van der Waals surface area contributed by atoms with E-state index in [1.807, 2.05) is 0 Å². The standard InChI is InChI=1S/C12H27BrNO.BrH/c1-4-7-14(8-5-2,9-6-3)11-12(15)10-13;/h12,15H,4-11H2,1-3H3;1H/q+1;/p-1. The molecule has 1 unspecified atom stereocenters. The van der Waals surface area contributed by atoms with Crippen molar-refractivity contribution >= 4 is 15.9 Å². The van der Waals surface area contributed by atoms with Gasteiger partial charge in [-0.25, -0.2) is 0 Å². The van der Waals surface area contributed by atoms with Crippen LogP contribution in [0.3, 0.4) is 0 Å². The molecule has 0 aromatic rings. The molecule has 1 atom stereocenters. The number of halogens is 2. The Morgan fingerprint density at radius 3 is 1.62 bits per heavy atom. The van der Waals surface area contributed by atoms with Gasteiger partial charge in [0.2, 0.25) is 0 Å². The molecule has 0 aromatic heterocycles. The molecule has 0 heterocycles. The third-order valence-electron chi connectivity index (χ3n) is 2.87. The van der Waals surface area contributed by atoms with Crippen LogP contribution in [0.25, 0.3) is 0 Å². The number of quaternary nitrogens is 1. The first-order valence-electron chi connectivity index (χ1n) is 6.23. The van der Waals surface area contributed by atoms with Crippen LogP contribution in [0.5, 0.6) is 0 Å². The van der Waals surface area contributed by atoms with Crippen LogP contribution in [0.4, 0.5) is 0 Å². The lowest BCUT2D eigenvalue weighted by atomic mass is 10.2. The molecule has 0 aliphatic rings. The predicted octanol–water partition coefficient (Wildman–Crippen LogP) is -0.207. The zero-order valence-corrected chi connectivity index (χ0v) is 14.1. The Hall–Kier alpha value is 0.880. The summed E-state index contributed by atoms with van der Waals surface area (Å²) in [6.07, 6.45) is 3.41. The van der Waals surface area contributed by atoms with Gasteiger partial charge in [0, 0.05) is 5.33 Å². The van der Waals surface area contributed by atoms with Crippen LogP contribution >= 0.6 is 15.9 Å². The van der Waals surface area contributed by atoms with Crippen LogP contribution in [0.15, 0.2) is 0 Å². The van der Waals surface area contributed by atoms with E-state index >= 15 is 0 Å². The highest BCUT2D eigenvalue weighted by molar-refractivity contribution is 9.09. The van der Waals surface area contributed by atoms with Crippen molar-refractivity contribution < 1.29 is 26.6 Å². The maximum atomic E-state index is 9.81. The molecule has 0 aliphatic carbocycles. The minimum absolute atomic E-state index is 0. The maximum absolute atomic E-state index is 9.81. The lowest BCUT2D eigenvalue weighted by molar-refractivity contribution is -0.930. The molecule has 0 aromatic carbocycles. The molecule has 2 nitrogen and oxygen atoms in total. The Bertz CT molecular complexity index is 139. The van der Waals surface area contributed by atoms with Gasteiger partial charge in [0.25, 0.3) is 0 Å². The summed E-state index contributed by atoms with van der Waals surface area (Å²) in [7, 11) is 0. The Morgan fingerprint density at radius 1 is 1.00 bits per heavy atom. The van der Waals surface area contributed by atoms with Crippen molar-refractivity contribution in [1.82, 2.24) is 0 Å². The van der Waals surface area contributed by atoms with E-state index in [4.69, 9.17) is 0 Å². The first-order valence-corrected chi connectivity index (χ1v) is 7.35. The van der Waals surface area contributed by atoms with E-state index in [9.17, 15) is 5.11 Å². The van der Waals surface area contributed by atoms with Crippen molar-refractivity contribution in [3.63, 3.8) is 0 Å². The normalized spacial score (nSPS) is 13.3. The fourth-order valence-electron chi connectivity index (χ4n) is 2.53. The van der Waals surface area contributed by atoms with Crippen LogP contribution in [0, 0.1) is 0 Å². The highest BCUT2D eigenvalue weighted by Gasteiger charge is 2.27. The quantitative estimate of drug-likeness (QED) is 0.445. The predicted molar refractivity (Wildman–Crippen MR) is 70.4 cm³/mol. The van der Waals surface area contributed by atoms with E-state index in [1.165, 1.54) is 38.9 Å². The van der Waals surface area contributed by atoms with E-state index in [0.29, 0.717) is 5.33 Å². The highest BCUT2D eigenvalue weighted by atomic mass is 79.9. The smallest absolute Gasteiger partial charge is 0.113 e. The molecule has 4 heteroatoms. The van der Waals surface area contributed by atoms with E-state index in [2.05, 4.69) is 36.7 Å². The summed E-state index contributed by atoms with van der Waals surface area (Å²) in [6.45, 7) is 11.2. The number of hydrogen-bond donors (Lipinski definition) is 1. The number of aliphatic hydroxyl groups excluding tert-OH is 1.